The van der Waals surface area contributed by atoms with E-state index in [2.05, 4.69) is 5.32 Å². The molecule has 2 nitrogen and oxygen atoms in total. The van der Waals surface area contributed by atoms with Crippen molar-refractivity contribution >= 4 is 0 Å². The lowest BCUT2D eigenvalue weighted by molar-refractivity contribution is -0.136. The summed E-state index contributed by atoms with van der Waals surface area (Å²) in [4.78, 5) is 0. The van der Waals surface area contributed by atoms with E-state index in [-0.39, 0.29) is 12.5 Å². The largest absolute Gasteiger partial charge is 0.389 e. The van der Waals surface area contributed by atoms with E-state index in [1.54, 1.807) is 0 Å². The standard InChI is InChI=1S/C10H20F3NO/c1-3-14-9(6-8-15-4-2)5-7-10(11,12)13/h9,14H,3-8H2,1-2H3. The Morgan fingerprint density at radius 2 is 1.87 bits per heavy atom. The Morgan fingerprint density at radius 1 is 1.20 bits per heavy atom. The third-order valence-corrected chi connectivity index (χ3v) is 2.08. The molecule has 0 bridgehead atoms. The van der Waals surface area contributed by atoms with Crippen molar-refractivity contribution in [1.82, 2.24) is 5.32 Å². The first-order chi connectivity index (χ1) is 6.99. The Balaban J connectivity index is 3.72. The van der Waals surface area contributed by atoms with Gasteiger partial charge in [0.2, 0.25) is 0 Å². The Bertz CT molecular complexity index is 150. The van der Waals surface area contributed by atoms with Gasteiger partial charge in [-0.2, -0.15) is 13.2 Å². The van der Waals surface area contributed by atoms with E-state index in [9.17, 15) is 13.2 Å². The molecular formula is C10H20F3NO. The van der Waals surface area contributed by atoms with Crippen molar-refractivity contribution in [1.29, 1.82) is 0 Å². The minimum atomic E-state index is -4.06. The maximum atomic E-state index is 12.0. The van der Waals surface area contributed by atoms with Crippen LogP contribution in [0.4, 0.5) is 13.2 Å². The molecule has 0 aliphatic rings. The lowest BCUT2D eigenvalue weighted by atomic mass is 10.1. The van der Waals surface area contributed by atoms with Crippen molar-refractivity contribution < 1.29 is 17.9 Å². The topological polar surface area (TPSA) is 21.3 Å². The number of nitrogens with one attached hydrogen (secondary N) is 1. The highest BCUT2D eigenvalue weighted by atomic mass is 19.4. The van der Waals surface area contributed by atoms with E-state index in [4.69, 9.17) is 4.74 Å². The van der Waals surface area contributed by atoms with Gasteiger partial charge in [0, 0.05) is 25.7 Å². The molecule has 1 unspecified atom stereocenters. The minimum Gasteiger partial charge on any atom is -0.382 e. The average molecular weight is 227 g/mol. The van der Waals surface area contributed by atoms with Crippen molar-refractivity contribution in [3.8, 4) is 0 Å². The Hall–Kier alpha value is -0.290. The van der Waals surface area contributed by atoms with Crippen LogP contribution in [0.3, 0.4) is 0 Å². The molecule has 0 heterocycles. The van der Waals surface area contributed by atoms with E-state index in [0.717, 1.165) is 0 Å². The molecule has 0 saturated heterocycles. The predicted molar refractivity (Wildman–Crippen MR) is 53.9 cm³/mol. The van der Waals surface area contributed by atoms with Gasteiger partial charge in [0.05, 0.1) is 0 Å². The summed E-state index contributed by atoms with van der Waals surface area (Å²) in [5, 5.41) is 3.03. The number of rotatable bonds is 8. The van der Waals surface area contributed by atoms with Gasteiger partial charge in [-0.25, -0.2) is 0 Å². The maximum Gasteiger partial charge on any atom is 0.389 e. The molecule has 0 aromatic heterocycles. The van der Waals surface area contributed by atoms with E-state index in [1.807, 2.05) is 13.8 Å². The fourth-order valence-corrected chi connectivity index (χ4v) is 1.34. The second kappa shape index (κ2) is 7.93. The quantitative estimate of drug-likeness (QED) is 0.644. The first-order valence-corrected chi connectivity index (χ1v) is 5.37. The van der Waals surface area contributed by atoms with Crippen molar-refractivity contribution in [2.75, 3.05) is 19.8 Å². The average Bonchev–Trinajstić information content (AvgIpc) is 2.13. The fourth-order valence-electron chi connectivity index (χ4n) is 1.34. The van der Waals surface area contributed by atoms with E-state index in [1.165, 1.54) is 0 Å². The van der Waals surface area contributed by atoms with Crippen LogP contribution in [-0.4, -0.2) is 32.0 Å². The Labute approximate surface area is 89.2 Å². The second-order valence-electron chi connectivity index (χ2n) is 3.39. The molecule has 92 valence electrons. The molecule has 15 heavy (non-hydrogen) atoms. The van der Waals surface area contributed by atoms with Gasteiger partial charge in [0.1, 0.15) is 0 Å². The first kappa shape index (κ1) is 14.7. The van der Waals surface area contributed by atoms with Crippen LogP contribution in [0.15, 0.2) is 0 Å². The van der Waals surface area contributed by atoms with Gasteiger partial charge in [-0.1, -0.05) is 6.92 Å². The third-order valence-electron chi connectivity index (χ3n) is 2.08. The second-order valence-corrected chi connectivity index (χ2v) is 3.39. The molecule has 5 heteroatoms. The molecule has 0 aliphatic carbocycles. The zero-order valence-electron chi connectivity index (χ0n) is 9.36. The number of hydrogen-bond donors (Lipinski definition) is 1. The highest BCUT2D eigenvalue weighted by molar-refractivity contribution is 4.68. The third kappa shape index (κ3) is 10.0. The first-order valence-electron chi connectivity index (χ1n) is 5.37. The lowest BCUT2D eigenvalue weighted by Crippen LogP contribution is -2.31. The molecule has 0 spiro atoms. The lowest BCUT2D eigenvalue weighted by Gasteiger charge is -2.18. The van der Waals surface area contributed by atoms with Gasteiger partial charge in [-0.05, 0) is 26.3 Å². The van der Waals surface area contributed by atoms with Gasteiger partial charge < -0.3 is 10.1 Å². The van der Waals surface area contributed by atoms with Gasteiger partial charge in [0.15, 0.2) is 0 Å². The van der Waals surface area contributed by atoms with Crippen molar-refractivity contribution in [2.45, 2.75) is 45.3 Å². The number of halogens is 3. The van der Waals surface area contributed by atoms with Crippen molar-refractivity contribution in [3.05, 3.63) is 0 Å². The predicted octanol–water partition coefficient (Wildman–Crippen LogP) is 2.73. The maximum absolute atomic E-state index is 12.0. The van der Waals surface area contributed by atoms with Gasteiger partial charge in [-0.15, -0.1) is 0 Å². The number of hydrogen-bond acceptors (Lipinski definition) is 2. The van der Waals surface area contributed by atoms with Gasteiger partial charge >= 0.3 is 6.18 Å². The zero-order valence-corrected chi connectivity index (χ0v) is 9.36. The molecule has 0 aromatic rings. The molecule has 0 aliphatic heterocycles. The van der Waals surface area contributed by atoms with Gasteiger partial charge in [-0.3, -0.25) is 0 Å². The number of ether oxygens (including phenoxy) is 1. The molecule has 0 fully saturated rings. The summed E-state index contributed by atoms with van der Waals surface area (Å²) in [6.07, 6.45) is -4.02. The van der Waals surface area contributed by atoms with Crippen LogP contribution in [0.1, 0.15) is 33.1 Å². The summed E-state index contributed by atoms with van der Waals surface area (Å²) in [5.74, 6) is 0. The Morgan fingerprint density at radius 3 is 2.33 bits per heavy atom. The van der Waals surface area contributed by atoms with E-state index >= 15 is 0 Å². The number of alkyl halides is 3. The van der Waals surface area contributed by atoms with Crippen LogP contribution in [0, 0.1) is 0 Å². The van der Waals surface area contributed by atoms with Crippen LogP contribution in [0.5, 0.6) is 0 Å². The molecule has 1 atom stereocenters. The summed E-state index contributed by atoms with van der Waals surface area (Å²) < 4.78 is 41.1. The fraction of sp³-hybridized carbons (Fsp3) is 1.00. The zero-order chi connectivity index (χ0) is 11.7. The van der Waals surface area contributed by atoms with Crippen LogP contribution < -0.4 is 5.32 Å². The molecule has 0 aromatic carbocycles. The molecule has 0 amide bonds. The van der Waals surface area contributed by atoms with Crippen LogP contribution in [0.25, 0.3) is 0 Å². The summed E-state index contributed by atoms with van der Waals surface area (Å²) in [5.41, 5.74) is 0. The van der Waals surface area contributed by atoms with Crippen molar-refractivity contribution in [2.24, 2.45) is 0 Å². The summed E-state index contributed by atoms with van der Waals surface area (Å²) >= 11 is 0. The summed E-state index contributed by atoms with van der Waals surface area (Å²) in [6, 6.07) is -0.0943. The van der Waals surface area contributed by atoms with Crippen LogP contribution in [0.2, 0.25) is 0 Å². The summed E-state index contributed by atoms with van der Waals surface area (Å²) in [7, 11) is 0. The molecule has 0 radical (unpaired) electrons. The molecule has 0 saturated carbocycles. The molecule has 1 N–H and O–H groups in total. The van der Waals surface area contributed by atoms with Crippen LogP contribution in [-0.2, 0) is 4.74 Å². The van der Waals surface area contributed by atoms with E-state index < -0.39 is 12.6 Å². The van der Waals surface area contributed by atoms with Crippen LogP contribution >= 0.6 is 0 Å². The highest BCUT2D eigenvalue weighted by Gasteiger charge is 2.27. The SMILES string of the molecule is CCNC(CCOCC)CCC(F)(F)F. The normalized spacial score (nSPS) is 14.2. The minimum absolute atomic E-state index is 0.0943. The molecular weight excluding hydrogens is 207 g/mol. The van der Waals surface area contributed by atoms with Gasteiger partial charge in [0.25, 0.3) is 0 Å². The smallest absolute Gasteiger partial charge is 0.382 e. The Kier molecular flexibility index (Phi) is 7.78. The summed E-state index contributed by atoms with van der Waals surface area (Å²) in [6.45, 7) is 5.58. The van der Waals surface area contributed by atoms with E-state index in [0.29, 0.717) is 26.2 Å². The van der Waals surface area contributed by atoms with Crippen molar-refractivity contribution in [3.63, 3.8) is 0 Å². The highest BCUT2D eigenvalue weighted by Crippen LogP contribution is 2.22. The monoisotopic (exact) mass is 227 g/mol. The molecule has 0 rings (SSSR count).